The van der Waals surface area contributed by atoms with E-state index in [0.29, 0.717) is 11.6 Å². The molecule has 2 rings (SSSR count). The van der Waals surface area contributed by atoms with Gasteiger partial charge in [-0.05, 0) is 32.9 Å². The van der Waals surface area contributed by atoms with E-state index in [4.69, 9.17) is 4.42 Å². The predicted octanol–water partition coefficient (Wildman–Crippen LogP) is 2.49. The van der Waals surface area contributed by atoms with E-state index >= 15 is 0 Å². The first-order valence-corrected chi connectivity index (χ1v) is 6.16. The lowest BCUT2D eigenvalue weighted by atomic mass is 10.2. The number of rotatable bonds is 3. The summed E-state index contributed by atoms with van der Waals surface area (Å²) in [5.74, 6) is 0.481. The van der Waals surface area contributed by atoms with Crippen LogP contribution in [0.5, 0.6) is 0 Å². The summed E-state index contributed by atoms with van der Waals surface area (Å²) < 4.78 is 5.29. The van der Waals surface area contributed by atoms with Crippen molar-refractivity contribution in [2.75, 3.05) is 0 Å². The molecular weight excluding hydrogens is 242 g/mol. The molecule has 0 unspecified atom stereocenters. The molecule has 0 radical (unpaired) electrons. The molecule has 100 valence electrons. The minimum absolute atomic E-state index is 0.183. The summed E-state index contributed by atoms with van der Waals surface area (Å²) in [6.07, 6.45) is 0. The van der Waals surface area contributed by atoms with Gasteiger partial charge < -0.3 is 9.73 Å². The molecule has 19 heavy (non-hydrogen) atoms. The van der Waals surface area contributed by atoms with Crippen molar-refractivity contribution >= 4 is 5.91 Å². The molecule has 2 aromatic rings. The van der Waals surface area contributed by atoms with Crippen molar-refractivity contribution < 1.29 is 9.21 Å². The van der Waals surface area contributed by atoms with Crippen molar-refractivity contribution in [1.82, 2.24) is 15.3 Å². The second kappa shape index (κ2) is 5.22. The number of carbonyl (C=O) groups excluding carboxylic acids is 1. The van der Waals surface area contributed by atoms with E-state index in [9.17, 15) is 4.79 Å². The maximum absolute atomic E-state index is 12.1. The third kappa shape index (κ3) is 2.99. The van der Waals surface area contributed by atoms with Gasteiger partial charge in [-0.2, -0.15) is 0 Å². The zero-order chi connectivity index (χ0) is 14.0. The largest absolute Gasteiger partial charge is 0.436 e. The molecule has 0 aromatic carbocycles. The van der Waals surface area contributed by atoms with Crippen LogP contribution >= 0.6 is 0 Å². The number of aryl methyl sites for hydroxylation is 3. The molecule has 0 saturated carbocycles. The molecule has 1 N–H and O–H groups in total. The molecule has 0 aliphatic rings. The number of hydrogen-bond acceptors (Lipinski definition) is 4. The molecule has 0 aliphatic heterocycles. The van der Waals surface area contributed by atoms with Crippen LogP contribution in [0.2, 0.25) is 0 Å². The fourth-order valence-corrected chi connectivity index (χ4v) is 1.88. The van der Waals surface area contributed by atoms with Crippen LogP contribution in [-0.4, -0.2) is 15.9 Å². The van der Waals surface area contributed by atoms with Crippen molar-refractivity contribution in [3.8, 4) is 0 Å². The summed E-state index contributed by atoms with van der Waals surface area (Å²) in [4.78, 5) is 20.5. The third-order valence-electron chi connectivity index (χ3n) is 2.81. The van der Waals surface area contributed by atoms with Gasteiger partial charge in [0.2, 0.25) is 5.76 Å². The molecule has 0 bridgehead atoms. The Bertz CT molecular complexity index is 604. The van der Waals surface area contributed by atoms with Gasteiger partial charge in [0.1, 0.15) is 0 Å². The fraction of sp³-hybridized carbons (Fsp3) is 0.357. The molecule has 5 heteroatoms. The second-order valence-corrected chi connectivity index (χ2v) is 4.55. The molecule has 0 spiro atoms. The summed E-state index contributed by atoms with van der Waals surface area (Å²) in [7, 11) is 0. The first-order chi connectivity index (χ1) is 8.97. The number of hydrogen-bond donors (Lipinski definition) is 1. The number of carbonyl (C=O) groups is 1. The van der Waals surface area contributed by atoms with Crippen molar-refractivity contribution in [3.63, 3.8) is 0 Å². The number of nitrogens with zero attached hydrogens (tertiary/aromatic N) is 2. The van der Waals surface area contributed by atoms with Gasteiger partial charge in [0.15, 0.2) is 5.89 Å². The van der Waals surface area contributed by atoms with Gasteiger partial charge >= 0.3 is 0 Å². The zero-order valence-electron chi connectivity index (χ0n) is 11.5. The summed E-state index contributed by atoms with van der Waals surface area (Å²) >= 11 is 0. The Morgan fingerprint density at radius 3 is 2.58 bits per heavy atom. The number of aromatic nitrogens is 2. The molecule has 1 amide bonds. The fourth-order valence-electron chi connectivity index (χ4n) is 1.88. The summed E-state index contributed by atoms with van der Waals surface area (Å²) in [6, 6.07) is 5.54. The lowest BCUT2D eigenvalue weighted by molar-refractivity contribution is 0.0909. The molecule has 5 nitrogen and oxygen atoms in total. The number of pyridine rings is 1. The van der Waals surface area contributed by atoms with Crippen molar-refractivity contribution in [2.24, 2.45) is 0 Å². The average Bonchev–Trinajstić information content (AvgIpc) is 2.68. The highest BCUT2D eigenvalue weighted by molar-refractivity contribution is 5.92. The van der Waals surface area contributed by atoms with Gasteiger partial charge in [-0.25, -0.2) is 4.98 Å². The van der Waals surface area contributed by atoms with Gasteiger partial charge in [-0.1, -0.05) is 6.07 Å². The topological polar surface area (TPSA) is 68.0 Å². The Morgan fingerprint density at radius 1 is 1.26 bits per heavy atom. The molecule has 0 saturated heterocycles. The molecule has 0 fully saturated rings. The van der Waals surface area contributed by atoms with E-state index in [1.165, 1.54) is 0 Å². The molecular formula is C14H17N3O2. The summed E-state index contributed by atoms with van der Waals surface area (Å²) in [5, 5.41) is 2.86. The first-order valence-electron chi connectivity index (χ1n) is 6.16. The van der Waals surface area contributed by atoms with Gasteiger partial charge in [0.25, 0.3) is 5.91 Å². The number of amides is 1. The Kier molecular flexibility index (Phi) is 3.64. The van der Waals surface area contributed by atoms with E-state index in [-0.39, 0.29) is 17.7 Å². The van der Waals surface area contributed by atoms with Crippen molar-refractivity contribution in [3.05, 3.63) is 46.9 Å². The SMILES string of the molecule is Cc1cccc([C@H](C)NC(=O)c2oc(C)nc2C)n1. The standard InChI is InChI=1S/C14H17N3O2/c1-8-6-5-7-12(15-8)9(2)17-14(18)13-10(3)16-11(4)19-13/h5-7,9H,1-4H3,(H,17,18)/t9-/m0/s1. The van der Waals surface area contributed by atoms with E-state index < -0.39 is 0 Å². The lowest BCUT2D eigenvalue weighted by Crippen LogP contribution is -2.27. The zero-order valence-corrected chi connectivity index (χ0v) is 11.5. The van der Waals surface area contributed by atoms with Crippen LogP contribution < -0.4 is 5.32 Å². The van der Waals surface area contributed by atoms with E-state index in [1.807, 2.05) is 32.0 Å². The summed E-state index contributed by atoms with van der Waals surface area (Å²) in [6.45, 7) is 7.27. The molecule has 2 heterocycles. The quantitative estimate of drug-likeness (QED) is 0.919. The highest BCUT2D eigenvalue weighted by Gasteiger charge is 2.18. The Balaban J connectivity index is 2.13. The lowest BCUT2D eigenvalue weighted by Gasteiger charge is -2.12. The maximum atomic E-state index is 12.1. The first kappa shape index (κ1) is 13.3. The van der Waals surface area contributed by atoms with Crippen LogP contribution in [-0.2, 0) is 0 Å². The number of nitrogens with one attached hydrogen (secondary N) is 1. The Hall–Kier alpha value is -2.17. The molecule has 0 aliphatic carbocycles. The summed E-state index contributed by atoms with van der Waals surface area (Å²) in [5.41, 5.74) is 2.34. The van der Waals surface area contributed by atoms with Crippen LogP contribution in [0.15, 0.2) is 22.6 Å². The van der Waals surface area contributed by atoms with E-state index in [2.05, 4.69) is 15.3 Å². The minimum Gasteiger partial charge on any atom is -0.436 e. The van der Waals surface area contributed by atoms with Crippen LogP contribution in [0.3, 0.4) is 0 Å². The highest BCUT2D eigenvalue weighted by Crippen LogP contribution is 2.13. The van der Waals surface area contributed by atoms with Crippen LogP contribution in [0, 0.1) is 20.8 Å². The monoisotopic (exact) mass is 259 g/mol. The average molecular weight is 259 g/mol. The highest BCUT2D eigenvalue weighted by atomic mass is 16.4. The Labute approximate surface area is 112 Å². The second-order valence-electron chi connectivity index (χ2n) is 4.55. The van der Waals surface area contributed by atoms with Crippen molar-refractivity contribution in [1.29, 1.82) is 0 Å². The molecule has 1 atom stereocenters. The van der Waals surface area contributed by atoms with Gasteiger partial charge in [0.05, 0.1) is 17.4 Å². The van der Waals surface area contributed by atoms with Crippen molar-refractivity contribution in [2.45, 2.75) is 33.7 Å². The van der Waals surface area contributed by atoms with E-state index in [1.54, 1.807) is 13.8 Å². The van der Waals surface area contributed by atoms with E-state index in [0.717, 1.165) is 11.4 Å². The maximum Gasteiger partial charge on any atom is 0.289 e. The smallest absolute Gasteiger partial charge is 0.289 e. The Morgan fingerprint density at radius 2 is 2.00 bits per heavy atom. The van der Waals surface area contributed by atoms with Gasteiger partial charge in [-0.15, -0.1) is 0 Å². The van der Waals surface area contributed by atoms with Crippen LogP contribution in [0.4, 0.5) is 0 Å². The number of oxazole rings is 1. The third-order valence-corrected chi connectivity index (χ3v) is 2.81. The normalized spacial score (nSPS) is 12.2. The van der Waals surface area contributed by atoms with Gasteiger partial charge in [-0.3, -0.25) is 9.78 Å². The van der Waals surface area contributed by atoms with Crippen LogP contribution in [0.1, 0.15) is 46.5 Å². The molecule has 2 aromatic heterocycles. The van der Waals surface area contributed by atoms with Gasteiger partial charge in [0, 0.05) is 12.6 Å². The van der Waals surface area contributed by atoms with Crippen LogP contribution in [0.25, 0.3) is 0 Å². The predicted molar refractivity (Wildman–Crippen MR) is 70.8 cm³/mol. The minimum atomic E-state index is -0.270.